The smallest absolute Gasteiger partial charge is 0.307 e. The standard InChI is InChI=1S/C13H18N4OS2/c1-9-8-20-13(18)17(9)6-7-19-12-15-14-11(16(12)2)10-4-3-5-10/h8,10H,3-7H2,1-2H3. The van der Waals surface area contributed by atoms with Gasteiger partial charge in [-0.3, -0.25) is 4.79 Å². The lowest BCUT2D eigenvalue weighted by Gasteiger charge is -2.23. The lowest BCUT2D eigenvalue weighted by molar-refractivity contribution is 0.390. The van der Waals surface area contributed by atoms with Crippen molar-refractivity contribution in [3.63, 3.8) is 0 Å². The summed E-state index contributed by atoms with van der Waals surface area (Å²) in [6.07, 6.45) is 3.78. The number of nitrogens with zero attached hydrogens (tertiary/aromatic N) is 4. The molecule has 0 N–H and O–H groups in total. The van der Waals surface area contributed by atoms with Crippen molar-refractivity contribution in [1.29, 1.82) is 0 Å². The molecule has 0 saturated heterocycles. The molecule has 5 nitrogen and oxygen atoms in total. The Morgan fingerprint density at radius 2 is 2.25 bits per heavy atom. The summed E-state index contributed by atoms with van der Waals surface area (Å²) in [5, 5.41) is 11.4. The van der Waals surface area contributed by atoms with Gasteiger partial charge in [0.2, 0.25) is 0 Å². The van der Waals surface area contributed by atoms with Crippen LogP contribution in [0.25, 0.3) is 0 Å². The number of hydrogen-bond donors (Lipinski definition) is 0. The van der Waals surface area contributed by atoms with Crippen LogP contribution in [0.15, 0.2) is 15.3 Å². The maximum Gasteiger partial charge on any atom is 0.307 e. The summed E-state index contributed by atoms with van der Waals surface area (Å²) in [6.45, 7) is 2.70. The summed E-state index contributed by atoms with van der Waals surface area (Å²) in [4.78, 5) is 11.7. The van der Waals surface area contributed by atoms with E-state index in [1.54, 1.807) is 11.8 Å². The van der Waals surface area contributed by atoms with Crippen LogP contribution in [0.4, 0.5) is 0 Å². The van der Waals surface area contributed by atoms with Crippen molar-refractivity contribution in [2.45, 2.75) is 43.8 Å². The molecule has 2 heterocycles. The van der Waals surface area contributed by atoms with Crippen LogP contribution in [-0.4, -0.2) is 25.1 Å². The van der Waals surface area contributed by atoms with Gasteiger partial charge in [0.25, 0.3) is 0 Å². The average Bonchev–Trinajstić information content (AvgIpc) is 2.86. The molecule has 108 valence electrons. The molecule has 0 radical (unpaired) electrons. The quantitative estimate of drug-likeness (QED) is 0.796. The van der Waals surface area contributed by atoms with Crippen molar-refractivity contribution < 1.29 is 0 Å². The second kappa shape index (κ2) is 5.73. The largest absolute Gasteiger partial charge is 0.309 e. The number of hydrogen-bond acceptors (Lipinski definition) is 5. The molecule has 1 aliphatic rings. The molecule has 0 atom stereocenters. The Morgan fingerprint density at radius 1 is 1.45 bits per heavy atom. The Morgan fingerprint density at radius 3 is 2.85 bits per heavy atom. The van der Waals surface area contributed by atoms with Gasteiger partial charge in [-0.05, 0) is 19.8 Å². The number of aryl methyl sites for hydroxylation is 1. The Hall–Kier alpha value is -1.08. The van der Waals surface area contributed by atoms with Gasteiger partial charge in [0.1, 0.15) is 5.82 Å². The third-order valence-corrected chi connectivity index (χ3v) is 5.74. The first-order chi connectivity index (χ1) is 9.66. The Bertz CT molecular complexity index is 654. The van der Waals surface area contributed by atoms with Crippen LogP contribution in [0, 0.1) is 6.92 Å². The average molecular weight is 310 g/mol. The maximum atomic E-state index is 11.6. The summed E-state index contributed by atoms with van der Waals surface area (Å²) in [7, 11) is 2.04. The molecule has 0 spiro atoms. The monoisotopic (exact) mass is 310 g/mol. The first kappa shape index (κ1) is 13.9. The molecule has 2 aromatic heterocycles. The van der Waals surface area contributed by atoms with E-state index in [4.69, 9.17) is 0 Å². The third-order valence-electron chi connectivity index (χ3n) is 3.86. The number of rotatable bonds is 5. The van der Waals surface area contributed by atoms with Crippen molar-refractivity contribution in [3.8, 4) is 0 Å². The zero-order chi connectivity index (χ0) is 14.1. The molecule has 1 fully saturated rings. The molecule has 1 saturated carbocycles. The van der Waals surface area contributed by atoms with E-state index in [0.29, 0.717) is 5.92 Å². The Kier molecular flexibility index (Phi) is 3.98. The number of aromatic nitrogens is 4. The summed E-state index contributed by atoms with van der Waals surface area (Å²) >= 11 is 2.93. The molecule has 0 aromatic carbocycles. The summed E-state index contributed by atoms with van der Waals surface area (Å²) in [6, 6.07) is 0. The topological polar surface area (TPSA) is 52.7 Å². The minimum absolute atomic E-state index is 0.122. The van der Waals surface area contributed by atoms with Crippen LogP contribution >= 0.6 is 23.1 Å². The van der Waals surface area contributed by atoms with Crippen molar-refractivity contribution in [3.05, 3.63) is 26.6 Å². The van der Waals surface area contributed by atoms with Gasteiger partial charge >= 0.3 is 4.87 Å². The van der Waals surface area contributed by atoms with E-state index in [9.17, 15) is 4.79 Å². The highest BCUT2D eigenvalue weighted by Gasteiger charge is 2.25. The highest BCUT2D eigenvalue weighted by molar-refractivity contribution is 7.99. The fraction of sp³-hybridized carbons (Fsp3) is 0.615. The van der Waals surface area contributed by atoms with Gasteiger partial charge in [-0.25, -0.2) is 0 Å². The second-order valence-corrected chi connectivity index (χ2v) is 7.05. The fourth-order valence-electron chi connectivity index (χ4n) is 2.38. The molecular formula is C13H18N4OS2. The molecule has 0 amide bonds. The minimum Gasteiger partial charge on any atom is -0.309 e. The van der Waals surface area contributed by atoms with E-state index in [2.05, 4.69) is 14.8 Å². The Balaban J connectivity index is 1.61. The predicted octanol–water partition coefficient (Wildman–Crippen LogP) is 2.41. The van der Waals surface area contributed by atoms with E-state index in [0.717, 1.165) is 29.0 Å². The van der Waals surface area contributed by atoms with E-state index in [1.165, 1.54) is 30.6 Å². The van der Waals surface area contributed by atoms with Crippen LogP contribution in [0.3, 0.4) is 0 Å². The van der Waals surface area contributed by atoms with Crippen LogP contribution in [0.5, 0.6) is 0 Å². The van der Waals surface area contributed by atoms with Gasteiger partial charge in [0.15, 0.2) is 5.16 Å². The molecular weight excluding hydrogens is 292 g/mol. The van der Waals surface area contributed by atoms with E-state index < -0.39 is 0 Å². The lowest BCUT2D eigenvalue weighted by Crippen LogP contribution is -2.16. The van der Waals surface area contributed by atoms with E-state index in [-0.39, 0.29) is 4.87 Å². The summed E-state index contributed by atoms with van der Waals surface area (Å²) in [5.74, 6) is 2.56. The van der Waals surface area contributed by atoms with Crippen molar-refractivity contribution >= 4 is 23.1 Å². The summed E-state index contributed by atoms with van der Waals surface area (Å²) < 4.78 is 3.93. The van der Waals surface area contributed by atoms with Crippen molar-refractivity contribution in [1.82, 2.24) is 19.3 Å². The van der Waals surface area contributed by atoms with Gasteiger partial charge in [-0.2, -0.15) is 0 Å². The van der Waals surface area contributed by atoms with E-state index in [1.807, 2.05) is 23.9 Å². The molecule has 20 heavy (non-hydrogen) atoms. The predicted molar refractivity (Wildman–Crippen MR) is 81.6 cm³/mol. The fourth-order valence-corrected chi connectivity index (χ4v) is 3.98. The Labute approximate surface area is 126 Å². The SMILES string of the molecule is Cc1csc(=O)n1CCSc1nnc(C2CCC2)n1C. The first-order valence-corrected chi connectivity index (χ1v) is 8.70. The molecule has 0 unspecified atom stereocenters. The van der Waals surface area contributed by atoms with Crippen molar-refractivity contribution in [2.75, 3.05) is 5.75 Å². The van der Waals surface area contributed by atoms with Gasteiger partial charge in [-0.1, -0.05) is 29.5 Å². The van der Waals surface area contributed by atoms with E-state index >= 15 is 0 Å². The van der Waals surface area contributed by atoms with Gasteiger partial charge in [0, 0.05) is 36.3 Å². The van der Waals surface area contributed by atoms with Crippen LogP contribution < -0.4 is 4.87 Å². The molecule has 3 rings (SSSR count). The highest BCUT2D eigenvalue weighted by atomic mass is 32.2. The molecule has 0 bridgehead atoms. The lowest BCUT2D eigenvalue weighted by atomic mass is 9.85. The zero-order valence-corrected chi connectivity index (χ0v) is 13.3. The van der Waals surface area contributed by atoms with Gasteiger partial charge in [-0.15, -0.1) is 10.2 Å². The first-order valence-electron chi connectivity index (χ1n) is 6.84. The normalized spacial score (nSPS) is 15.5. The molecule has 2 aromatic rings. The molecule has 0 aliphatic heterocycles. The van der Waals surface area contributed by atoms with Gasteiger partial charge in [0.05, 0.1) is 0 Å². The third kappa shape index (κ3) is 2.56. The number of thioether (sulfide) groups is 1. The van der Waals surface area contributed by atoms with Crippen LogP contribution in [0.1, 0.15) is 36.7 Å². The van der Waals surface area contributed by atoms with Crippen LogP contribution in [-0.2, 0) is 13.6 Å². The minimum atomic E-state index is 0.122. The van der Waals surface area contributed by atoms with Crippen molar-refractivity contribution in [2.24, 2.45) is 7.05 Å². The molecule has 1 aliphatic carbocycles. The number of thiazole rings is 1. The van der Waals surface area contributed by atoms with Crippen LogP contribution in [0.2, 0.25) is 0 Å². The highest BCUT2D eigenvalue weighted by Crippen LogP contribution is 2.35. The summed E-state index contributed by atoms with van der Waals surface area (Å²) in [5.41, 5.74) is 1.04. The zero-order valence-electron chi connectivity index (χ0n) is 11.7. The second-order valence-electron chi connectivity index (χ2n) is 5.17. The van der Waals surface area contributed by atoms with Gasteiger partial charge < -0.3 is 9.13 Å². The molecule has 7 heteroatoms. The maximum absolute atomic E-state index is 11.6.